The maximum Gasteiger partial charge on any atom is 0.246 e. The van der Waals surface area contributed by atoms with E-state index < -0.39 is 0 Å². The Morgan fingerprint density at radius 3 is 2.86 bits per heavy atom. The zero-order valence-corrected chi connectivity index (χ0v) is 16.5. The van der Waals surface area contributed by atoms with Crippen LogP contribution in [0, 0.1) is 6.92 Å². The molecule has 1 amide bonds. The smallest absolute Gasteiger partial charge is 0.246 e. The van der Waals surface area contributed by atoms with E-state index in [1.165, 1.54) is 11.6 Å². The fraction of sp³-hybridized carbons (Fsp3) is 0.333. The number of hydrogen-bond donors (Lipinski definition) is 1. The van der Waals surface area contributed by atoms with Gasteiger partial charge in [0, 0.05) is 18.7 Å². The van der Waals surface area contributed by atoms with Crippen LogP contribution in [-0.2, 0) is 22.6 Å². The van der Waals surface area contributed by atoms with Crippen molar-refractivity contribution >= 4 is 23.9 Å². The van der Waals surface area contributed by atoms with Gasteiger partial charge in [-0.15, -0.1) is 0 Å². The molecule has 1 aromatic heterocycles. The van der Waals surface area contributed by atoms with Crippen LogP contribution in [0.4, 0.5) is 11.8 Å². The number of morpholine rings is 1. The fourth-order valence-corrected chi connectivity index (χ4v) is 3.52. The third-order valence-electron chi connectivity index (χ3n) is 4.98. The van der Waals surface area contributed by atoms with Crippen LogP contribution in [0.15, 0.2) is 42.0 Å². The van der Waals surface area contributed by atoms with Gasteiger partial charge in [0.15, 0.2) is 0 Å². The average molecular weight is 392 g/mol. The van der Waals surface area contributed by atoms with Crippen LogP contribution in [0.5, 0.6) is 0 Å². The van der Waals surface area contributed by atoms with E-state index in [9.17, 15) is 4.79 Å². The molecule has 1 aromatic carbocycles. The van der Waals surface area contributed by atoms with E-state index in [4.69, 9.17) is 9.72 Å². The Hall–Kier alpha value is -3.26. The number of hydrazone groups is 1. The Kier molecular flexibility index (Phi) is 5.53. The van der Waals surface area contributed by atoms with E-state index in [0.29, 0.717) is 32.3 Å². The van der Waals surface area contributed by atoms with Crippen molar-refractivity contribution in [1.29, 1.82) is 0 Å². The molecule has 3 heterocycles. The number of anilines is 2. The molecule has 1 fully saturated rings. The molecule has 0 radical (unpaired) electrons. The molecule has 4 rings (SSSR count). The lowest BCUT2D eigenvalue weighted by Crippen LogP contribution is -2.37. The molecule has 0 unspecified atom stereocenters. The first-order chi connectivity index (χ1) is 14.1. The first kappa shape index (κ1) is 19.1. The lowest BCUT2D eigenvalue weighted by Gasteiger charge is -2.29. The van der Waals surface area contributed by atoms with Gasteiger partial charge in [0.05, 0.1) is 38.2 Å². The number of fused-ring (bicyclic) bond motifs is 1. The van der Waals surface area contributed by atoms with Gasteiger partial charge in [-0.2, -0.15) is 10.1 Å². The average Bonchev–Trinajstić information content (AvgIpc) is 3.17. The van der Waals surface area contributed by atoms with Gasteiger partial charge in [0.1, 0.15) is 5.82 Å². The summed E-state index contributed by atoms with van der Waals surface area (Å²) in [7, 11) is 0. The summed E-state index contributed by atoms with van der Waals surface area (Å²) < 4.78 is 5.47. The minimum atomic E-state index is -0.108. The van der Waals surface area contributed by atoms with E-state index in [1.807, 2.05) is 31.2 Å². The highest BCUT2D eigenvalue weighted by molar-refractivity contribution is 5.87. The van der Waals surface area contributed by atoms with Gasteiger partial charge in [-0.25, -0.2) is 10.4 Å². The largest absolute Gasteiger partial charge is 0.378 e. The van der Waals surface area contributed by atoms with Gasteiger partial charge in [-0.3, -0.25) is 4.79 Å². The van der Waals surface area contributed by atoms with Gasteiger partial charge in [-0.1, -0.05) is 36.4 Å². The van der Waals surface area contributed by atoms with Crippen molar-refractivity contribution in [1.82, 2.24) is 14.9 Å². The second-order valence-corrected chi connectivity index (χ2v) is 7.08. The molecule has 0 atom stereocenters. The Labute approximate surface area is 169 Å². The van der Waals surface area contributed by atoms with Crippen molar-refractivity contribution in [2.24, 2.45) is 5.10 Å². The Balaban J connectivity index is 1.60. The van der Waals surface area contributed by atoms with Gasteiger partial charge < -0.3 is 14.5 Å². The van der Waals surface area contributed by atoms with Crippen molar-refractivity contribution in [2.45, 2.75) is 20.0 Å². The summed E-state index contributed by atoms with van der Waals surface area (Å²) in [6.07, 6.45) is 3.07. The lowest BCUT2D eigenvalue weighted by molar-refractivity contribution is -0.126. The van der Waals surface area contributed by atoms with Crippen molar-refractivity contribution in [3.63, 3.8) is 0 Å². The topological polar surface area (TPSA) is 83.0 Å². The highest BCUT2D eigenvalue weighted by atomic mass is 16.5. The zero-order valence-electron chi connectivity index (χ0n) is 16.5. The number of hydrogen-bond acceptors (Lipinski definition) is 7. The lowest BCUT2D eigenvalue weighted by atomic mass is 10.2. The quantitative estimate of drug-likeness (QED) is 0.477. The third kappa shape index (κ3) is 4.27. The molecule has 29 heavy (non-hydrogen) atoms. The number of amides is 1. The summed E-state index contributed by atoms with van der Waals surface area (Å²) in [5, 5.41) is 4.30. The number of aryl methyl sites for hydroxylation is 1. The predicted molar refractivity (Wildman–Crippen MR) is 112 cm³/mol. The Morgan fingerprint density at radius 2 is 2.10 bits per heavy atom. The molecule has 1 N–H and O–H groups in total. The highest BCUT2D eigenvalue weighted by Gasteiger charge is 2.30. The SMILES string of the molecule is C=CC(=O)N1Cc2nc(N/N=C/c3cccc(C)c3)nc(N3CCOCC3)c2C1. The number of ether oxygens (including phenoxy) is 1. The summed E-state index contributed by atoms with van der Waals surface area (Å²) in [4.78, 5) is 25.3. The van der Waals surface area contributed by atoms with Crippen LogP contribution in [0.2, 0.25) is 0 Å². The molecule has 2 aromatic rings. The van der Waals surface area contributed by atoms with E-state index in [-0.39, 0.29) is 5.91 Å². The minimum absolute atomic E-state index is 0.108. The number of nitrogens with one attached hydrogen (secondary N) is 1. The molecule has 8 heteroatoms. The van der Waals surface area contributed by atoms with Crippen LogP contribution in [0.3, 0.4) is 0 Å². The molecule has 8 nitrogen and oxygen atoms in total. The standard InChI is InChI=1S/C21H24N6O2/c1-3-19(28)27-13-17-18(14-27)23-21(24-20(17)26-7-9-29-10-8-26)25-22-12-16-6-4-5-15(2)11-16/h3-6,11-12H,1,7-10,13-14H2,2H3,(H,23,24,25)/b22-12+. The van der Waals surface area contributed by atoms with Crippen LogP contribution in [0.25, 0.3) is 0 Å². The third-order valence-corrected chi connectivity index (χ3v) is 4.98. The van der Waals surface area contributed by atoms with Gasteiger partial charge in [-0.05, 0) is 18.6 Å². The Bertz CT molecular complexity index is 952. The maximum absolute atomic E-state index is 12.1. The summed E-state index contributed by atoms with van der Waals surface area (Å²) >= 11 is 0. The van der Waals surface area contributed by atoms with Crippen LogP contribution >= 0.6 is 0 Å². The van der Waals surface area contributed by atoms with Crippen molar-refractivity contribution in [2.75, 3.05) is 36.6 Å². The summed E-state index contributed by atoms with van der Waals surface area (Å²) in [5.41, 5.74) is 6.93. The van der Waals surface area contributed by atoms with Gasteiger partial charge in [0.25, 0.3) is 0 Å². The van der Waals surface area contributed by atoms with Crippen LogP contribution in [0.1, 0.15) is 22.4 Å². The monoisotopic (exact) mass is 392 g/mol. The molecule has 2 aliphatic rings. The Morgan fingerprint density at radius 1 is 1.28 bits per heavy atom. The van der Waals surface area contributed by atoms with Crippen LogP contribution < -0.4 is 10.3 Å². The van der Waals surface area contributed by atoms with E-state index in [2.05, 4.69) is 27.0 Å². The molecule has 0 aliphatic carbocycles. The molecule has 1 saturated heterocycles. The number of carbonyl (C=O) groups excluding carboxylic acids is 1. The maximum atomic E-state index is 12.1. The van der Waals surface area contributed by atoms with Crippen molar-refractivity contribution in [3.8, 4) is 0 Å². The summed E-state index contributed by atoms with van der Waals surface area (Å²) in [5.74, 6) is 1.15. The second kappa shape index (κ2) is 8.40. The minimum Gasteiger partial charge on any atom is -0.378 e. The number of aromatic nitrogens is 2. The summed E-state index contributed by atoms with van der Waals surface area (Å²) in [6, 6.07) is 8.07. The van der Waals surface area contributed by atoms with Gasteiger partial charge >= 0.3 is 0 Å². The van der Waals surface area contributed by atoms with Crippen molar-refractivity contribution in [3.05, 3.63) is 59.3 Å². The number of carbonyl (C=O) groups is 1. The normalized spacial score (nSPS) is 16.2. The second-order valence-electron chi connectivity index (χ2n) is 7.08. The first-order valence-corrected chi connectivity index (χ1v) is 9.63. The molecular formula is C21H24N6O2. The van der Waals surface area contributed by atoms with E-state index in [0.717, 1.165) is 35.7 Å². The molecular weight excluding hydrogens is 368 g/mol. The molecule has 0 saturated carbocycles. The molecule has 2 aliphatic heterocycles. The predicted octanol–water partition coefficient (Wildman–Crippen LogP) is 2.10. The molecule has 0 bridgehead atoms. The number of nitrogens with zero attached hydrogens (tertiary/aromatic N) is 5. The zero-order chi connectivity index (χ0) is 20.2. The first-order valence-electron chi connectivity index (χ1n) is 9.63. The van der Waals surface area contributed by atoms with E-state index >= 15 is 0 Å². The summed E-state index contributed by atoms with van der Waals surface area (Å²) in [6.45, 7) is 9.38. The van der Waals surface area contributed by atoms with E-state index in [1.54, 1.807) is 11.1 Å². The van der Waals surface area contributed by atoms with Crippen molar-refractivity contribution < 1.29 is 9.53 Å². The van der Waals surface area contributed by atoms with Crippen LogP contribution in [-0.4, -0.2) is 53.3 Å². The number of benzene rings is 1. The molecule has 150 valence electrons. The highest BCUT2D eigenvalue weighted by Crippen LogP contribution is 2.31. The fourth-order valence-electron chi connectivity index (χ4n) is 3.52. The number of rotatable bonds is 5. The van der Waals surface area contributed by atoms with Gasteiger partial charge in [0.2, 0.25) is 11.9 Å². The molecule has 0 spiro atoms.